The SMILES string of the molecule is CC1(C2CCN(C(=O)Cc3ccncc3)CC2)SC(N[C@H]2C[C@H]3CC[C@H]2C3)=NC1=O. The molecule has 0 aromatic carbocycles. The molecule has 6 nitrogen and oxygen atoms in total. The highest BCUT2D eigenvalue weighted by Gasteiger charge is 2.49. The predicted molar refractivity (Wildman–Crippen MR) is 118 cm³/mol. The lowest BCUT2D eigenvalue weighted by Gasteiger charge is -2.38. The molecule has 4 atom stereocenters. The summed E-state index contributed by atoms with van der Waals surface area (Å²) >= 11 is 1.63. The van der Waals surface area contributed by atoms with E-state index in [4.69, 9.17) is 0 Å². The molecule has 3 fully saturated rings. The minimum absolute atomic E-state index is 0.000261. The molecule has 30 heavy (non-hydrogen) atoms. The summed E-state index contributed by atoms with van der Waals surface area (Å²) in [4.78, 5) is 35.9. The first-order chi connectivity index (χ1) is 14.5. The van der Waals surface area contributed by atoms with Crippen LogP contribution in [0.15, 0.2) is 29.5 Å². The van der Waals surface area contributed by atoms with Gasteiger partial charge in [0.1, 0.15) is 4.75 Å². The van der Waals surface area contributed by atoms with Crippen molar-refractivity contribution in [3.8, 4) is 0 Å². The van der Waals surface area contributed by atoms with E-state index in [-0.39, 0.29) is 17.7 Å². The van der Waals surface area contributed by atoms with Crippen LogP contribution in [0.4, 0.5) is 0 Å². The van der Waals surface area contributed by atoms with Crippen LogP contribution in [-0.2, 0) is 16.0 Å². The van der Waals surface area contributed by atoms with Crippen molar-refractivity contribution in [2.24, 2.45) is 22.7 Å². The smallest absolute Gasteiger partial charge is 0.264 e. The van der Waals surface area contributed by atoms with E-state index in [1.165, 1.54) is 25.7 Å². The van der Waals surface area contributed by atoms with Crippen LogP contribution < -0.4 is 5.32 Å². The second-order valence-corrected chi connectivity index (χ2v) is 11.0. The van der Waals surface area contributed by atoms with Gasteiger partial charge in [-0.15, -0.1) is 0 Å². The van der Waals surface area contributed by atoms with Crippen molar-refractivity contribution in [3.63, 3.8) is 0 Å². The summed E-state index contributed by atoms with van der Waals surface area (Å²) in [6, 6.07) is 4.28. The fourth-order valence-electron chi connectivity index (χ4n) is 5.84. The van der Waals surface area contributed by atoms with Gasteiger partial charge in [-0.3, -0.25) is 14.6 Å². The van der Waals surface area contributed by atoms with Gasteiger partial charge in [0.25, 0.3) is 5.91 Å². The van der Waals surface area contributed by atoms with Crippen LogP contribution >= 0.6 is 11.8 Å². The van der Waals surface area contributed by atoms with E-state index in [2.05, 4.69) is 22.2 Å². The normalized spacial score (nSPS) is 33.8. The fourth-order valence-corrected chi connectivity index (χ4v) is 7.11. The van der Waals surface area contributed by atoms with Gasteiger partial charge in [0.05, 0.1) is 6.42 Å². The molecule has 0 spiro atoms. The number of likely N-dealkylation sites (tertiary alicyclic amines) is 1. The monoisotopic (exact) mass is 426 g/mol. The standard InChI is InChI=1S/C23H30N4O2S/c1-23(21(29)26-22(30-23)25-19-13-16-2-3-17(19)12-16)18-6-10-27(11-7-18)20(28)14-15-4-8-24-9-5-15/h4-5,8-9,16-19H,2-3,6-7,10-14H2,1H3,(H,25,26,29)/t16-,17-,19-,23?/m0/s1. The molecule has 0 radical (unpaired) electrons. The highest BCUT2D eigenvalue weighted by Crippen LogP contribution is 2.47. The van der Waals surface area contributed by atoms with Crippen molar-refractivity contribution in [1.82, 2.24) is 15.2 Å². The lowest BCUT2D eigenvalue weighted by Crippen LogP contribution is -2.47. The molecule has 5 rings (SSSR count). The maximum atomic E-state index is 12.9. The number of hydrogen-bond donors (Lipinski definition) is 1. The summed E-state index contributed by atoms with van der Waals surface area (Å²) in [5.41, 5.74) is 0.996. The number of nitrogens with one attached hydrogen (secondary N) is 1. The molecule has 2 saturated carbocycles. The fraction of sp³-hybridized carbons (Fsp3) is 0.652. The Morgan fingerprint density at radius 1 is 1.20 bits per heavy atom. The average molecular weight is 427 g/mol. The van der Waals surface area contributed by atoms with Crippen LogP contribution in [0.25, 0.3) is 0 Å². The Hall–Kier alpha value is -1.89. The van der Waals surface area contributed by atoms with Crippen LogP contribution in [0, 0.1) is 17.8 Å². The zero-order chi connectivity index (χ0) is 20.7. The molecule has 7 heteroatoms. The van der Waals surface area contributed by atoms with Crippen LogP contribution in [0.3, 0.4) is 0 Å². The Morgan fingerprint density at radius 2 is 1.97 bits per heavy atom. The molecular weight excluding hydrogens is 396 g/mol. The number of carbonyl (C=O) groups is 2. The topological polar surface area (TPSA) is 74.7 Å². The van der Waals surface area contributed by atoms with Crippen molar-refractivity contribution in [2.75, 3.05) is 13.1 Å². The van der Waals surface area contributed by atoms with Crippen LogP contribution in [0.5, 0.6) is 0 Å². The lowest BCUT2D eigenvalue weighted by atomic mass is 9.84. The second kappa shape index (κ2) is 7.98. The van der Waals surface area contributed by atoms with Crippen molar-refractivity contribution in [2.45, 2.75) is 62.7 Å². The van der Waals surface area contributed by atoms with E-state index in [1.807, 2.05) is 17.0 Å². The van der Waals surface area contributed by atoms with Gasteiger partial charge in [0.2, 0.25) is 5.91 Å². The number of carbonyl (C=O) groups excluding carboxylic acids is 2. The molecule has 1 aromatic rings. The van der Waals surface area contributed by atoms with E-state index in [0.717, 1.165) is 35.4 Å². The maximum Gasteiger partial charge on any atom is 0.264 e. The molecule has 2 bridgehead atoms. The number of fused-ring (bicyclic) bond motifs is 2. The van der Waals surface area contributed by atoms with Gasteiger partial charge in [-0.1, -0.05) is 18.2 Å². The number of rotatable bonds is 4. The molecule has 1 N–H and O–H groups in total. The molecule has 1 unspecified atom stereocenters. The van der Waals surface area contributed by atoms with Gasteiger partial charge in [0, 0.05) is 31.5 Å². The van der Waals surface area contributed by atoms with E-state index >= 15 is 0 Å². The summed E-state index contributed by atoms with van der Waals surface area (Å²) in [5, 5.41) is 4.44. The Balaban J connectivity index is 1.15. The Bertz CT molecular complexity index is 852. The summed E-state index contributed by atoms with van der Waals surface area (Å²) in [6.07, 6.45) is 10.8. The third-order valence-corrected chi connectivity index (χ3v) is 9.05. The number of amidine groups is 1. The number of pyridine rings is 1. The molecule has 2 aliphatic heterocycles. The van der Waals surface area contributed by atoms with Crippen molar-refractivity contribution in [1.29, 1.82) is 0 Å². The van der Waals surface area contributed by atoms with Crippen molar-refractivity contribution < 1.29 is 9.59 Å². The van der Waals surface area contributed by atoms with Gasteiger partial charge in [-0.2, -0.15) is 4.99 Å². The number of nitrogens with zero attached hydrogens (tertiary/aromatic N) is 3. The second-order valence-electron chi connectivity index (χ2n) is 9.54. The van der Waals surface area contributed by atoms with Gasteiger partial charge >= 0.3 is 0 Å². The first-order valence-electron chi connectivity index (χ1n) is 11.3. The largest absolute Gasteiger partial charge is 0.361 e. The molecule has 1 saturated heterocycles. The quantitative estimate of drug-likeness (QED) is 0.801. The zero-order valence-electron chi connectivity index (χ0n) is 17.5. The predicted octanol–water partition coefficient (Wildman–Crippen LogP) is 3.03. The number of aromatic nitrogens is 1. The molecule has 4 aliphatic rings. The number of amides is 2. The first kappa shape index (κ1) is 20.0. The molecule has 3 heterocycles. The number of thioether (sulfide) groups is 1. The van der Waals surface area contributed by atoms with Crippen molar-refractivity contribution in [3.05, 3.63) is 30.1 Å². The Kier molecular flexibility index (Phi) is 5.33. The number of piperidine rings is 1. The van der Waals surface area contributed by atoms with E-state index in [0.29, 0.717) is 25.6 Å². The Labute approximate surface area is 182 Å². The highest BCUT2D eigenvalue weighted by molar-refractivity contribution is 8.16. The highest BCUT2D eigenvalue weighted by atomic mass is 32.2. The number of aliphatic imine (C=N–C) groups is 1. The van der Waals surface area contributed by atoms with Crippen molar-refractivity contribution >= 4 is 28.7 Å². The third kappa shape index (κ3) is 3.77. The van der Waals surface area contributed by atoms with E-state index < -0.39 is 4.75 Å². The van der Waals surface area contributed by atoms with Gasteiger partial charge in [0.15, 0.2) is 5.17 Å². The molecule has 2 aliphatic carbocycles. The van der Waals surface area contributed by atoms with Crippen LogP contribution in [0.1, 0.15) is 51.0 Å². The first-order valence-corrected chi connectivity index (χ1v) is 12.1. The van der Waals surface area contributed by atoms with Gasteiger partial charge < -0.3 is 10.2 Å². The summed E-state index contributed by atoms with van der Waals surface area (Å²) < 4.78 is -0.500. The van der Waals surface area contributed by atoms with E-state index in [1.54, 1.807) is 24.2 Å². The van der Waals surface area contributed by atoms with Crippen LogP contribution in [-0.4, -0.2) is 50.7 Å². The molecule has 160 valence electrons. The molecule has 2 amide bonds. The van der Waals surface area contributed by atoms with Gasteiger partial charge in [-0.25, -0.2) is 0 Å². The van der Waals surface area contributed by atoms with Crippen LogP contribution in [0.2, 0.25) is 0 Å². The minimum Gasteiger partial charge on any atom is -0.361 e. The molecular formula is C23H30N4O2S. The molecule has 1 aromatic heterocycles. The van der Waals surface area contributed by atoms with E-state index in [9.17, 15) is 9.59 Å². The summed E-state index contributed by atoms with van der Waals surface area (Å²) in [7, 11) is 0. The lowest BCUT2D eigenvalue weighted by molar-refractivity contribution is -0.132. The summed E-state index contributed by atoms with van der Waals surface area (Å²) in [6.45, 7) is 3.48. The Morgan fingerprint density at radius 3 is 2.63 bits per heavy atom. The summed E-state index contributed by atoms with van der Waals surface area (Å²) in [5.74, 6) is 2.04. The number of hydrogen-bond acceptors (Lipinski definition) is 5. The maximum absolute atomic E-state index is 12.9. The average Bonchev–Trinajstić information content (AvgIpc) is 3.44. The van der Waals surface area contributed by atoms with Gasteiger partial charge in [-0.05, 0) is 74.5 Å². The third-order valence-electron chi connectivity index (χ3n) is 7.71. The minimum atomic E-state index is -0.500. The zero-order valence-corrected chi connectivity index (χ0v) is 18.4.